The Morgan fingerprint density at radius 2 is 2.30 bits per heavy atom. The number of carbonyl (C=O) groups is 1. The molecule has 3 rings (SSSR count). The second-order valence-corrected chi connectivity index (χ2v) is 8.68. The van der Waals surface area contributed by atoms with Crippen molar-refractivity contribution in [2.24, 2.45) is 0 Å². The largest absolute Gasteiger partial charge is 0.337 e. The van der Waals surface area contributed by atoms with Gasteiger partial charge in [-0.1, -0.05) is 0 Å². The Hall–Kier alpha value is -1.74. The average molecular weight is 355 g/mol. The van der Waals surface area contributed by atoms with Gasteiger partial charge in [-0.2, -0.15) is 0 Å². The van der Waals surface area contributed by atoms with Crippen LogP contribution in [0.2, 0.25) is 0 Å². The van der Waals surface area contributed by atoms with E-state index in [9.17, 15) is 18.0 Å². The number of hydrogen-bond donors (Lipinski definition) is 0. The number of likely N-dealkylation sites (N-methyl/N-ethyl adjacent to an activating group) is 1. The van der Waals surface area contributed by atoms with Gasteiger partial charge >= 0.3 is 0 Å². The van der Waals surface area contributed by atoms with Crippen molar-refractivity contribution < 1.29 is 13.2 Å². The van der Waals surface area contributed by atoms with Crippen molar-refractivity contribution in [3.05, 3.63) is 28.1 Å². The van der Waals surface area contributed by atoms with Crippen LogP contribution in [0, 0.1) is 0 Å². The van der Waals surface area contributed by atoms with E-state index in [1.165, 1.54) is 22.2 Å². The van der Waals surface area contributed by atoms with Crippen LogP contribution in [-0.2, 0) is 21.2 Å². The zero-order valence-corrected chi connectivity index (χ0v) is 14.3. The topological polar surface area (TPSA) is 89.3 Å². The van der Waals surface area contributed by atoms with Crippen LogP contribution in [0.3, 0.4) is 0 Å². The highest BCUT2D eigenvalue weighted by Crippen LogP contribution is 2.18. The highest BCUT2D eigenvalue weighted by Gasteiger charge is 2.33. The first-order valence-corrected chi connectivity index (χ1v) is 10.0. The molecule has 3 heterocycles. The molecule has 9 heteroatoms. The summed E-state index contributed by atoms with van der Waals surface area (Å²) in [5.41, 5.74) is -0.250. The second kappa shape index (κ2) is 6.04. The van der Waals surface area contributed by atoms with Gasteiger partial charge in [0, 0.05) is 12.6 Å². The van der Waals surface area contributed by atoms with Gasteiger partial charge in [0.05, 0.1) is 23.2 Å². The molecule has 0 aliphatic carbocycles. The molecule has 1 saturated heterocycles. The summed E-state index contributed by atoms with van der Waals surface area (Å²) in [5, 5.41) is 2.28. The molecule has 0 N–H and O–H groups in total. The molecule has 1 fully saturated rings. The molecule has 124 valence electrons. The maximum atomic E-state index is 12.5. The van der Waals surface area contributed by atoms with Gasteiger partial charge in [-0.3, -0.25) is 14.2 Å². The average Bonchev–Trinajstić information content (AvgIpc) is 3.10. The number of amides is 1. The van der Waals surface area contributed by atoms with Gasteiger partial charge in [0.25, 0.3) is 5.56 Å². The van der Waals surface area contributed by atoms with Gasteiger partial charge in [0.15, 0.2) is 9.84 Å². The van der Waals surface area contributed by atoms with E-state index in [0.29, 0.717) is 23.2 Å². The SMILES string of the molecule is CCN(C(=O)Cn1cnc2sccc2c1=O)[C@H]1CCS(=O)(=O)C1. The number of sulfone groups is 1. The van der Waals surface area contributed by atoms with Crippen LogP contribution in [0.5, 0.6) is 0 Å². The van der Waals surface area contributed by atoms with Crippen molar-refractivity contribution in [1.29, 1.82) is 0 Å². The summed E-state index contributed by atoms with van der Waals surface area (Å²) in [7, 11) is -3.06. The van der Waals surface area contributed by atoms with Gasteiger partial charge in [-0.05, 0) is 24.8 Å². The zero-order valence-electron chi connectivity index (χ0n) is 12.6. The molecule has 1 amide bonds. The Kier molecular flexibility index (Phi) is 4.24. The minimum atomic E-state index is -3.06. The Morgan fingerprint density at radius 1 is 1.52 bits per heavy atom. The van der Waals surface area contributed by atoms with E-state index >= 15 is 0 Å². The normalized spacial score (nSPS) is 20.0. The molecule has 1 aliphatic heterocycles. The molecule has 0 bridgehead atoms. The molecular weight excluding hydrogens is 338 g/mol. The van der Waals surface area contributed by atoms with Gasteiger partial charge in [-0.15, -0.1) is 11.3 Å². The van der Waals surface area contributed by atoms with E-state index in [1.807, 2.05) is 6.92 Å². The lowest BCUT2D eigenvalue weighted by atomic mass is 10.2. The third-order valence-electron chi connectivity index (χ3n) is 4.07. The molecule has 0 aromatic carbocycles. The Bertz CT molecular complexity index is 900. The van der Waals surface area contributed by atoms with Crippen molar-refractivity contribution in [3.63, 3.8) is 0 Å². The molecule has 0 spiro atoms. The van der Waals surface area contributed by atoms with E-state index in [-0.39, 0.29) is 35.6 Å². The monoisotopic (exact) mass is 355 g/mol. The molecule has 23 heavy (non-hydrogen) atoms. The van der Waals surface area contributed by atoms with E-state index in [1.54, 1.807) is 16.3 Å². The molecule has 1 atom stereocenters. The Balaban J connectivity index is 1.81. The van der Waals surface area contributed by atoms with Crippen molar-refractivity contribution >= 4 is 37.3 Å². The fourth-order valence-corrected chi connectivity index (χ4v) is 5.36. The maximum Gasteiger partial charge on any atom is 0.262 e. The molecule has 2 aromatic heterocycles. The van der Waals surface area contributed by atoms with Crippen molar-refractivity contribution in [2.75, 3.05) is 18.1 Å². The van der Waals surface area contributed by atoms with E-state index < -0.39 is 9.84 Å². The maximum absolute atomic E-state index is 12.5. The van der Waals surface area contributed by atoms with Gasteiger partial charge in [0.2, 0.25) is 5.91 Å². The molecule has 0 saturated carbocycles. The van der Waals surface area contributed by atoms with E-state index in [4.69, 9.17) is 0 Å². The van der Waals surface area contributed by atoms with E-state index in [0.717, 1.165) is 0 Å². The molecule has 0 unspecified atom stereocenters. The summed E-state index contributed by atoms with van der Waals surface area (Å²) in [6.07, 6.45) is 1.83. The predicted octanol–water partition coefficient (Wildman–Crippen LogP) is 0.494. The Labute approximate surface area is 137 Å². The van der Waals surface area contributed by atoms with Crippen LogP contribution < -0.4 is 5.56 Å². The molecule has 0 radical (unpaired) electrons. The van der Waals surface area contributed by atoms with Crippen LogP contribution in [0.15, 0.2) is 22.6 Å². The fourth-order valence-electron chi connectivity index (χ4n) is 2.90. The first-order valence-electron chi connectivity index (χ1n) is 7.34. The Morgan fingerprint density at radius 3 is 2.96 bits per heavy atom. The first kappa shape index (κ1) is 16.1. The van der Waals surface area contributed by atoms with E-state index in [2.05, 4.69) is 4.98 Å². The zero-order chi connectivity index (χ0) is 16.6. The number of aromatic nitrogens is 2. The van der Waals surface area contributed by atoms with Crippen LogP contribution in [0.25, 0.3) is 10.2 Å². The quantitative estimate of drug-likeness (QED) is 0.796. The summed E-state index contributed by atoms with van der Waals surface area (Å²) in [5.74, 6) is -0.138. The minimum Gasteiger partial charge on any atom is -0.337 e. The summed E-state index contributed by atoms with van der Waals surface area (Å²) >= 11 is 1.37. The lowest BCUT2D eigenvalue weighted by Gasteiger charge is -2.27. The number of nitrogens with zero attached hydrogens (tertiary/aromatic N) is 3. The lowest BCUT2D eigenvalue weighted by molar-refractivity contribution is -0.133. The molecular formula is C14H17N3O4S2. The van der Waals surface area contributed by atoms with Gasteiger partial charge in [0.1, 0.15) is 11.4 Å². The number of hydrogen-bond acceptors (Lipinski definition) is 6. The second-order valence-electron chi connectivity index (χ2n) is 5.55. The van der Waals surface area contributed by atoms with Crippen LogP contribution in [0.4, 0.5) is 0 Å². The third kappa shape index (κ3) is 3.16. The third-order valence-corrected chi connectivity index (χ3v) is 6.64. The molecule has 7 nitrogen and oxygen atoms in total. The van der Waals surface area contributed by atoms with Crippen molar-refractivity contribution in [2.45, 2.75) is 25.9 Å². The smallest absolute Gasteiger partial charge is 0.262 e. The number of thiophene rings is 1. The van der Waals surface area contributed by atoms with Crippen molar-refractivity contribution in [1.82, 2.24) is 14.5 Å². The molecule has 1 aliphatic rings. The van der Waals surface area contributed by atoms with Crippen LogP contribution in [-0.4, -0.2) is 52.9 Å². The highest BCUT2D eigenvalue weighted by molar-refractivity contribution is 7.91. The minimum absolute atomic E-state index is 0.00327. The van der Waals surface area contributed by atoms with Crippen LogP contribution >= 0.6 is 11.3 Å². The standard InChI is InChI=1S/C14H17N3O4S2/c1-2-17(10-4-6-23(20,21)8-10)12(18)7-16-9-15-13-11(14(16)19)3-5-22-13/h3,5,9-10H,2,4,6-8H2,1H3/t10-/m0/s1. The van der Waals surface area contributed by atoms with Gasteiger partial charge < -0.3 is 4.90 Å². The van der Waals surface area contributed by atoms with Gasteiger partial charge in [-0.25, -0.2) is 13.4 Å². The number of fused-ring (bicyclic) bond motifs is 1. The number of carbonyl (C=O) groups excluding carboxylic acids is 1. The first-order chi connectivity index (χ1) is 10.9. The number of rotatable bonds is 4. The fraction of sp³-hybridized carbons (Fsp3) is 0.500. The highest BCUT2D eigenvalue weighted by atomic mass is 32.2. The molecule has 2 aromatic rings. The summed E-state index contributed by atoms with van der Waals surface area (Å²) in [6.45, 7) is 2.11. The summed E-state index contributed by atoms with van der Waals surface area (Å²) in [6, 6.07) is 1.39. The lowest BCUT2D eigenvalue weighted by Crippen LogP contribution is -2.43. The predicted molar refractivity (Wildman–Crippen MR) is 88.3 cm³/mol. The van der Waals surface area contributed by atoms with Crippen molar-refractivity contribution in [3.8, 4) is 0 Å². The van der Waals surface area contributed by atoms with Crippen LogP contribution in [0.1, 0.15) is 13.3 Å². The summed E-state index contributed by atoms with van der Waals surface area (Å²) < 4.78 is 24.5. The summed E-state index contributed by atoms with van der Waals surface area (Å²) in [4.78, 5) is 31.2.